The number of ether oxygens (including phenoxy) is 2. The topological polar surface area (TPSA) is 84.9 Å². The van der Waals surface area contributed by atoms with E-state index in [1.807, 2.05) is 32.0 Å². The van der Waals surface area contributed by atoms with Crippen LogP contribution in [0.3, 0.4) is 0 Å². The summed E-state index contributed by atoms with van der Waals surface area (Å²) in [6, 6.07) is 12.2. The van der Waals surface area contributed by atoms with Crippen molar-refractivity contribution in [1.29, 1.82) is 0 Å². The van der Waals surface area contributed by atoms with Crippen molar-refractivity contribution in [2.24, 2.45) is 5.92 Å². The summed E-state index contributed by atoms with van der Waals surface area (Å²) in [7, 11) is -0.470. The minimum absolute atomic E-state index is 0.129. The molecule has 2 unspecified atom stereocenters. The van der Waals surface area contributed by atoms with Crippen molar-refractivity contribution in [2.45, 2.75) is 44.0 Å². The Bertz CT molecular complexity index is 1040. The molecule has 0 aromatic heterocycles. The van der Waals surface area contributed by atoms with Crippen molar-refractivity contribution in [1.82, 2.24) is 9.62 Å². The fourth-order valence-corrected chi connectivity index (χ4v) is 5.54. The highest BCUT2D eigenvalue weighted by atomic mass is 32.2. The number of rotatable bonds is 8. The third kappa shape index (κ3) is 5.24. The number of sulfonamides is 1. The Kier molecular flexibility index (Phi) is 7.79. The van der Waals surface area contributed by atoms with Crippen molar-refractivity contribution in [3.8, 4) is 11.5 Å². The van der Waals surface area contributed by atoms with Gasteiger partial charge >= 0.3 is 0 Å². The van der Waals surface area contributed by atoms with Crippen LogP contribution in [0.4, 0.5) is 0 Å². The Balaban J connectivity index is 1.72. The van der Waals surface area contributed by atoms with Gasteiger partial charge in [-0.1, -0.05) is 30.7 Å². The van der Waals surface area contributed by atoms with Crippen LogP contribution in [0.15, 0.2) is 47.4 Å². The highest BCUT2D eigenvalue weighted by Crippen LogP contribution is 2.31. The van der Waals surface area contributed by atoms with Crippen LogP contribution in [0.1, 0.15) is 43.4 Å². The molecule has 1 N–H and O–H groups in total. The van der Waals surface area contributed by atoms with E-state index in [2.05, 4.69) is 5.32 Å². The molecule has 1 saturated heterocycles. The van der Waals surface area contributed by atoms with Crippen molar-refractivity contribution in [2.75, 3.05) is 27.3 Å². The Labute approximate surface area is 190 Å². The summed E-state index contributed by atoms with van der Waals surface area (Å²) < 4.78 is 38.2. The number of amides is 1. The summed E-state index contributed by atoms with van der Waals surface area (Å²) in [5.41, 5.74) is 1.92. The number of nitrogens with one attached hydrogen (secondary N) is 1. The number of carbonyl (C=O) groups excluding carboxylic acids is 1. The third-order valence-electron chi connectivity index (χ3n) is 5.95. The molecule has 32 heavy (non-hydrogen) atoms. The maximum absolute atomic E-state index is 13.1. The predicted octanol–water partition coefficient (Wildman–Crippen LogP) is 3.68. The number of aryl methyl sites for hydroxylation is 1. The second-order valence-electron chi connectivity index (χ2n) is 8.10. The van der Waals surface area contributed by atoms with Gasteiger partial charge in [-0.25, -0.2) is 8.42 Å². The molecule has 1 aliphatic rings. The molecular weight excluding hydrogens is 428 g/mol. The lowest BCUT2D eigenvalue weighted by Crippen LogP contribution is -2.46. The van der Waals surface area contributed by atoms with Crippen LogP contribution in [0, 0.1) is 12.8 Å². The highest BCUT2D eigenvalue weighted by molar-refractivity contribution is 7.89. The maximum atomic E-state index is 13.1. The molecule has 0 bridgehead atoms. The number of nitrogens with zero attached hydrogens (tertiary/aromatic N) is 1. The normalized spacial score (nSPS) is 18.1. The van der Waals surface area contributed by atoms with Gasteiger partial charge in [0.05, 0.1) is 31.1 Å². The van der Waals surface area contributed by atoms with Crippen molar-refractivity contribution in [3.63, 3.8) is 0 Å². The first-order valence-electron chi connectivity index (χ1n) is 10.9. The molecule has 2 aromatic rings. The summed E-state index contributed by atoms with van der Waals surface area (Å²) in [4.78, 5) is 13.3. The van der Waals surface area contributed by atoms with E-state index < -0.39 is 15.9 Å². The standard InChI is InChI=1S/C24H32N2O5S/c1-5-21(18-10-13-22(30-3)23(15-18)31-4)25-24(27)19-7-6-14-26(16-19)32(28,29)20-11-8-17(2)9-12-20/h8-13,15,19,21H,5-7,14,16H2,1-4H3,(H,25,27). The van der Waals surface area contributed by atoms with Crippen LogP contribution in [0.25, 0.3) is 0 Å². The van der Waals surface area contributed by atoms with E-state index in [1.54, 1.807) is 38.5 Å². The Morgan fingerprint density at radius 2 is 1.81 bits per heavy atom. The smallest absolute Gasteiger partial charge is 0.243 e. The Hall–Kier alpha value is -2.58. The highest BCUT2D eigenvalue weighted by Gasteiger charge is 2.34. The van der Waals surface area contributed by atoms with Gasteiger partial charge in [-0.15, -0.1) is 0 Å². The molecule has 174 valence electrons. The van der Waals surface area contributed by atoms with E-state index in [-0.39, 0.29) is 23.4 Å². The molecule has 2 aromatic carbocycles. The number of carbonyl (C=O) groups is 1. The van der Waals surface area contributed by atoms with Gasteiger partial charge in [-0.3, -0.25) is 4.79 Å². The fraction of sp³-hybridized carbons (Fsp3) is 0.458. The second-order valence-corrected chi connectivity index (χ2v) is 10.0. The molecule has 0 saturated carbocycles. The molecular formula is C24H32N2O5S. The van der Waals surface area contributed by atoms with E-state index in [4.69, 9.17) is 9.47 Å². The quantitative estimate of drug-likeness (QED) is 0.650. The predicted molar refractivity (Wildman–Crippen MR) is 123 cm³/mol. The summed E-state index contributed by atoms with van der Waals surface area (Å²) in [6.45, 7) is 4.52. The fourth-order valence-electron chi connectivity index (χ4n) is 4.01. The van der Waals surface area contributed by atoms with Crippen LogP contribution in [-0.2, 0) is 14.8 Å². The molecule has 2 atom stereocenters. The van der Waals surface area contributed by atoms with Crippen LogP contribution in [0.5, 0.6) is 11.5 Å². The van der Waals surface area contributed by atoms with Gasteiger partial charge in [-0.2, -0.15) is 4.31 Å². The molecule has 0 aliphatic carbocycles. The van der Waals surface area contributed by atoms with Crippen LogP contribution >= 0.6 is 0 Å². The number of hydrogen-bond acceptors (Lipinski definition) is 5. The summed E-state index contributed by atoms with van der Waals surface area (Å²) in [5.74, 6) is 0.709. The number of piperidine rings is 1. The maximum Gasteiger partial charge on any atom is 0.243 e. The van der Waals surface area contributed by atoms with Gasteiger partial charge in [0.15, 0.2) is 11.5 Å². The molecule has 8 heteroatoms. The van der Waals surface area contributed by atoms with E-state index in [0.29, 0.717) is 37.3 Å². The van der Waals surface area contributed by atoms with Gasteiger partial charge in [0.1, 0.15) is 0 Å². The molecule has 3 rings (SSSR count). The SMILES string of the molecule is CCC(NC(=O)C1CCCN(S(=O)(=O)c2ccc(C)cc2)C1)c1ccc(OC)c(OC)c1. The van der Waals surface area contributed by atoms with Gasteiger partial charge in [0.25, 0.3) is 0 Å². The number of hydrogen-bond donors (Lipinski definition) is 1. The van der Waals surface area contributed by atoms with Crippen LogP contribution in [-0.4, -0.2) is 45.9 Å². The minimum Gasteiger partial charge on any atom is -0.493 e. The lowest BCUT2D eigenvalue weighted by Gasteiger charge is -2.32. The minimum atomic E-state index is -3.63. The number of methoxy groups -OCH3 is 2. The van der Waals surface area contributed by atoms with E-state index in [9.17, 15) is 13.2 Å². The summed E-state index contributed by atoms with van der Waals surface area (Å²) in [6.07, 6.45) is 2.00. The average molecular weight is 461 g/mol. The van der Waals surface area contributed by atoms with Crippen LogP contribution in [0.2, 0.25) is 0 Å². The first-order valence-corrected chi connectivity index (χ1v) is 12.3. The van der Waals surface area contributed by atoms with Gasteiger partial charge in [0, 0.05) is 13.1 Å². The largest absolute Gasteiger partial charge is 0.493 e. The molecule has 0 spiro atoms. The first kappa shape index (κ1) is 24.1. The van der Waals surface area contributed by atoms with Gasteiger partial charge in [0.2, 0.25) is 15.9 Å². The lowest BCUT2D eigenvalue weighted by atomic mass is 9.97. The molecule has 7 nitrogen and oxygen atoms in total. The van der Waals surface area contributed by atoms with Crippen molar-refractivity contribution < 1.29 is 22.7 Å². The van der Waals surface area contributed by atoms with E-state index >= 15 is 0 Å². The Morgan fingerprint density at radius 3 is 2.44 bits per heavy atom. The third-order valence-corrected chi connectivity index (χ3v) is 7.83. The van der Waals surface area contributed by atoms with Crippen molar-refractivity contribution >= 4 is 15.9 Å². The van der Waals surface area contributed by atoms with Crippen molar-refractivity contribution in [3.05, 3.63) is 53.6 Å². The number of benzene rings is 2. The monoisotopic (exact) mass is 460 g/mol. The lowest BCUT2D eigenvalue weighted by molar-refractivity contribution is -0.126. The molecule has 0 radical (unpaired) electrons. The summed E-state index contributed by atoms with van der Waals surface area (Å²) >= 11 is 0. The first-order chi connectivity index (χ1) is 15.3. The molecule has 1 amide bonds. The zero-order valence-electron chi connectivity index (χ0n) is 19.1. The van der Waals surface area contributed by atoms with E-state index in [1.165, 1.54) is 4.31 Å². The van der Waals surface area contributed by atoms with Gasteiger partial charge in [-0.05, 0) is 56.0 Å². The molecule has 1 aliphatic heterocycles. The zero-order chi connectivity index (χ0) is 23.3. The zero-order valence-corrected chi connectivity index (χ0v) is 19.9. The molecule has 1 fully saturated rings. The Morgan fingerprint density at radius 1 is 1.12 bits per heavy atom. The molecule has 1 heterocycles. The summed E-state index contributed by atoms with van der Waals surface area (Å²) in [5, 5.41) is 3.10. The van der Waals surface area contributed by atoms with E-state index in [0.717, 1.165) is 11.1 Å². The second kappa shape index (κ2) is 10.4. The van der Waals surface area contributed by atoms with Gasteiger partial charge < -0.3 is 14.8 Å². The average Bonchev–Trinajstić information content (AvgIpc) is 2.82. The van der Waals surface area contributed by atoms with Crippen LogP contribution < -0.4 is 14.8 Å².